The first-order valence-electron chi connectivity index (χ1n) is 17.8. The first kappa shape index (κ1) is 48.8. The first-order chi connectivity index (χ1) is 24.3. The van der Waals surface area contributed by atoms with Gasteiger partial charge in [0, 0.05) is 18.3 Å². The predicted octanol–water partition coefficient (Wildman–Crippen LogP) is 7.30. The zero-order valence-electron chi connectivity index (χ0n) is 32.1. The molecular formula is C35H60N2O12S4. The fourth-order valence-electron chi connectivity index (χ4n) is 6.30. The summed E-state index contributed by atoms with van der Waals surface area (Å²) in [6.07, 6.45) is 12.3. The summed E-state index contributed by atoms with van der Waals surface area (Å²) in [5.74, 6) is 0.0255. The average molecular weight is 829 g/mol. The van der Waals surface area contributed by atoms with Gasteiger partial charge in [-0.25, -0.2) is 4.98 Å². The van der Waals surface area contributed by atoms with Crippen LogP contribution < -0.4 is 0 Å². The summed E-state index contributed by atoms with van der Waals surface area (Å²) >= 11 is 0. The molecule has 0 saturated carbocycles. The minimum Gasteiger partial charge on any atom is -0.327 e. The third-order valence-corrected chi connectivity index (χ3v) is 14.9. The van der Waals surface area contributed by atoms with Gasteiger partial charge < -0.3 is 4.57 Å². The number of allylic oxidation sites excluding steroid dienone is 8. The summed E-state index contributed by atoms with van der Waals surface area (Å²) in [6, 6.07) is -0.501. The number of hydrogen-bond donors (Lipinski definition) is 4. The lowest BCUT2D eigenvalue weighted by Crippen LogP contribution is -2.21. The van der Waals surface area contributed by atoms with E-state index in [1.807, 2.05) is 28.9 Å². The highest BCUT2D eigenvalue weighted by Crippen LogP contribution is 2.31. The molecule has 1 aromatic heterocycles. The van der Waals surface area contributed by atoms with Gasteiger partial charge in [0.25, 0.3) is 40.5 Å². The van der Waals surface area contributed by atoms with Crippen LogP contribution in [0.1, 0.15) is 137 Å². The largest absolute Gasteiger partial charge is 0.327 e. The van der Waals surface area contributed by atoms with Crippen LogP contribution in [0.4, 0.5) is 0 Å². The van der Waals surface area contributed by atoms with Gasteiger partial charge in [-0.3, -0.25) is 18.2 Å². The van der Waals surface area contributed by atoms with E-state index in [0.29, 0.717) is 41.0 Å². The molecule has 4 N–H and O–H groups in total. The zero-order valence-corrected chi connectivity index (χ0v) is 35.3. The molecule has 0 fully saturated rings. The number of imidazole rings is 1. The fourth-order valence-corrected chi connectivity index (χ4v) is 9.88. The maximum absolute atomic E-state index is 12.0. The Hall–Kier alpha value is -2.19. The molecule has 0 amide bonds. The Balaban J connectivity index is 3.89. The van der Waals surface area contributed by atoms with Crippen molar-refractivity contribution in [2.24, 2.45) is 0 Å². The number of rotatable bonds is 24. The van der Waals surface area contributed by atoms with Gasteiger partial charge in [0.2, 0.25) is 0 Å². The lowest BCUT2D eigenvalue weighted by Gasteiger charge is -2.23. The van der Waals surface area contributed by atoms with Gasteiger partial charge in [0.05, 0.1) is 27.0 Å². The molecule has 0 aromatic carbocycles. The van der Waals surface area contributed by atoms with Crippen molar-refractivity contribution in [2.45, 2.75) is 153 Å². The average Bonchev–Trinajstić information content (AvgIpc) is 3.51. The number of aromatic nitrogens is 2. The fraction of sp³-hybridized carbons (Fsp3) is 0.686. The van der Waals surface area contributed by atoms with Gasteiger partial charge in [0.1, 0.15) is 5.82 Å². The van der Waals surface area contributed by atoms with E-state index in [-0.39, 0.29) is 51.4 Å². The monoisotopic (exact) mass is 828 g/mol. The van der Waals surface area contributed by atoms with Gasteiger partial charge >= 0.3 is 0 Å². The standard InChI is InChI=1S/C35H60N2O12S4/c1-9-31(50(38,39)40)21-25(5)13-15-29(19-27(7)23-33(11-3)52(44,45)46)35-36-17-18-37(35)30(20-28(8)24-34(12-4)53(47,48)49)16-14-26(6)22-32(10-2)51(41,42)43/h13-14,17-20,29-34H,9-12,15-16,21-24H2,1-8H3,(H,38,39,40)(H,41,42,43)(H,44,45,46)(H,47,48,49). The second-order valence-corrected chi connectivity index (χ2v) is 20.7. The van der Waals surface area contributed by atoms with Crippen LogP contribution >= 0.6 is 0 Å². The molecule has 0 saturated heterocycles. The van der Waals surface area contributed by atoms with E-state index < -0.39 is 73.4 Å². The van der Waals surface area contributed by atoms with E-state index in [9.17, 15) is 51.9 Å². The molecule has 18 heteroatoms. The Kier molecular flexibility index (Phi) is 19.5. The van der Waals surface area contributed by atoms with Crippen LogP contribution in [0.5, 0.6) is 0 Å². The Bertz CT molecular complexity index is 1770. The summed E-state index contributed by atoms with van der Waals surface area (Å²) in [7, 11) is -17.2. The zero-order chi connectivity index (χ0) is 40.9. The van der Waals surface area contributed by atoms with Crippen molar-refractivity contribution in [3.63, 3.8) is 0 Å². The minimum atomic E-state index is -4.33. The predicted molar refractivity (Wildman–Crippen MR) is 209 cm³/mol. The molecule has 6 atom stereocenters. The first-order valence-corrected chi connectivity index (χ1v) is 23.8. The maximum atomic E-state index is 12.0. The SMILES string of the molecule is CCC(CC(C)=CCC(C=C(C)CC(CC)S(=O)(=O)O)c1nccn1C(C=C(C)CC(CC)S(=O)(=O)O)CC=C(C)CC(CC)S(=O)(=O)O)S(=O)(=O)O. The van der Waals surface area contributed by atoms with E-state index in [4.69, 9.17) is 0 Å². The molecule has 6 unspecified atom stereocenters. The summed E-state index contributed by atoms with van der Waals surface area (Å²) in [6.45, 7) is 13.6. The molecule has 0 aliphatic rings. The van der Waals surface area contributed by atoms with Crippen molar-refractivity contribution in [3.05, 3.63) is 64.8 Å². The molecule has 1 rings (SSSR count). The van der Waals surface area contributed by atoms with Crippen LogP contribution in [0.15, 0.2) is 59.0 Å². The van der Waals surface area contributed by atoms with Gasteiger partial charge in [0.15, 0.2) is 0 Å². The van der Waals surface area contributed by atoms with Gasteiger partial charge in [-0.15, -0.1) is 0 Å². The van der Waals surface area contributed by atoms with Gasteiger partial charge in [-0.05, 0) is 91.9 Å². The summed E-state index contributed by atoms with van der Waals surface area (Å²) in [4.78, 5) is 4.66. The van der Waals surface area contributed by atoms with Crippen LogP contribution in [0, 0.1) is 0 Å². The molecular weight excluding hydrogens is 769 g/mol. The van der Waals surface area contributed by atoms with Crippen molar-refractivity contribution >= 4 is 40.5 Å². The van der Waals surface area contributed by atoms with E-state index in [2.05, 4.69) is 4.98 Å². The maximum Gasteiger partial charge on any atom is 0.268 e. The number of nitrogens with zero attached hydrogens (tertiary/aromatic N) is 2. The normalized spacial score (nSPS) is 18.0. The topological polar surface area (TPSA) is 235 Å². The van der Waals surface area contributed by atoms with E-state index in [1.54, 1.807) is 67.8 Å². The van der Waals surface area contributed by atoms with Crippen molar-refractivity contribution in [2.75, 3.05) is 0 Å². The summed E-state index contributed by atoms with van der Waals surface area (Å²) < 4.78 is 137. The van der Waals surface area contributed by atoms with Gasteiger partial charge in [-0.1, -0.05) is 74.3 Å². The Morgan fingerprint density at radius 2 is 0.925 bits per heavy atom. The lowest BCUT2D eigenvalue weighted by atomic mass is 9.96. The number of hydrogen-bond acceptors (Lipinski definition) is 9. The molecule has 0 radical (unpaired) electrons. The molecule has 14 nitrogen and oxygen atoms in total. The summed E-state index contributed by atoms with van der Waals surface area (Å²) in [5.41, 5.74) is 2.70. The minimum absolute atomic E-state index is 0.0423. The van der Waals surface area contributed by atoms with Gasteiger partial charge in [-0.2, -0.15) is 33.7 Å². The van der Waals surface area contributed by atoms with Crippen molar-refractivity contribution < 1.29 is 51.9 Å². The lowest BCUT2D eigenvalue weighted by molar-refractivity contribution is 0.460. The third-order valence-electron chi connectivity index (χ3n) is 9.48. The van der Waals surface area contributed by atoms with Crippen molar-refractivity contribution in [1.29, 1.82) is 0 Å². The smallest absolute Gasteiger partial charge is 0.268 e. The molecule has 0 bridgehead atoms. The highest BCUT2D eigenvalue weighted by molar-refractivity contribution is 7.87. The van der Waals surface area contributed by atoms with Crippen molar-refractivity contribution in [3.8, 4) is 0 Å². The van der Waals surface area contributed by atoms with Crippen LogP contribution in [0.2, 0.25) is 0 Å². The molecule has 0 aliphatic heterocycles. The third kappa shape index (κ3) is 17.0. The molecule has 1 aromatic rings. The van der Waals surface area contributed by atoms with Crippen molar-refractivity contribution in [1.82, 2.24) is 9.55 Å². The molecule has 0 spiro atoms. The second kappa shape index (κ2) is 21.2. The Labute approximate surface area is 318 Å². The van der Waals surface area contributed by atoms with E-state index in [1.165, 1.54) is 0 Å². The highest BCUT2D eigenvalue weighted by Gasteiger charge is 2.26. The summed E-state index contributed by atoms with van der Waals surface area (Å²) in [5, 5.41) is -4.05. The van der Waals surface area contributed by atoms with E-state index >= 15 is 0 Å². The van der Waals surface area contributed by atoms with E-state index in [0.717, 1.165) is 0 Å². The quantitative estimate of drug-likeness (QED) is 0.0592. The molecule has 0 aliphatic carbocycles. The van der Waals surface area contributed by atoms with Crippen LogP contribution in [-0.4, -0.2) is 82.4 Å². The Morgan fingerprint density at radius 3 is 1.28 bits per heavy atom. The van der Waals surface area contributed by atoms with Crippen LogP contribution in [0.3, 0.4) is 0 Å². The van der Waals surface area contributed by atoms with Crippen LogP contribution in [0.25, 0.3) is 0 Å². The second-order valence-electron chi connectivity index (χ2n) is 14.0. The molecule has 1 heterocycles. The van der Waals surface area contributed by atoms with Crippen LogP contribution in [-0.2, 0) is 40.5 Å². The molecule has 53 heavy (non-hydrogen) atoms. The molecule has 306 valence electrons. The Morgan fingerprint density at radius 1 is 0.585 bits per heavy atom. The highest BCUT2D eigenvalue weighted by atomic mass is 32.2.